The van der Waals surface area contributed by atoms with Crippen LogP contribution in [-0.4, -0.2) is 51.2 Å². The maximum absolute atomic E-state index is 14.8. The highest BCUT2D eigenvalue weighted by Gasteiger charge is 2.70. The van der Waals surface area contributed by atoms with Crippen molar-refractivity contribution in [2.75, 3.05) is 23.1 Å². The predicted octanol–water partition coefficient (Wildman–Crippen LogP) is 5.55. The van der Waals surface area contributed by atoms with Crippen LogP contribution in [-0.2, 0) is 14.3 Å². The van der Waals surface area contributed by atoms with Crippen molar-refractivity contribution < 1.29 is 36.6 Å². The Morgan fingerprint density at radius 3 is 2.43 bits per heavy atom. The number of carbonyl (C=O) groups is 2. The molecule has 11 heteroatoms. The van der Waals surface area contributed by atoms with E-state index in [-0.39, 0.29) is 23.1 Å². The van der Waals surface area contributed by atoms with Crippen LogP contribution in [0.4, 0.5) is 33.7 Å². The summed E-state index contributed by atoms with van der Waals surface area (Å²) in [4.78, 5) is 27.6. The topological polar surface area (TPSA) is 59.1 Å². The minimum atomic E-state index is -5.32. The van der Waals surface area contributed by atoms with Crippen molar-refractivity contribution >= 4 is 31.4 Å². The second-order valence-corrected chi connectivity index (χ2v) is 15.9. The van der Waals surface area contributed by atoms with Crippen molar-refractivity contribution in [1.82, 2.24) is 0 Å². The highest BCUT2D eigenvalue weighted by molar-refractivity contribution is 6.76. The Kier molecular flexibility index (Phi) is 7.58. The van der Waals surface area contributed by atoms with E-state index < -0.39 is 56.1 Å². The van der Waals surface area contributed by atoms with Crippen LogP contribution in [0.5, 0.6) is 0 Å². The Morgan fingerprint density at radius 1 is 1.23 bits per heavy atom. The Balaban J connectivity index is 2.17. The largest absolute Gasteiger partial charge is 0.446 e. The van der Waals surface area contributed by atoms with Gasteiger partial charge in [-0.15, -0.1) is 0 Å². The van der Waals surface area contributed by atoms with Crippen LogP contribution < -0.4 is 9.80 Å². The molecule has 6 nitrogen and oxygen atoms in total. The quantitative estimate of drug-likeness (QED) is 0.216. The summed E-state index contributed by atoms with van der Waals surface area (Å²) in [6, 6.07) is 3.65. The summed E-state index contributed by atoms with van der Waals surface area (Å²) in [7, 11) is -1.51. The number of nitrogens with zero attached hydrogens (tertiary/aromatic N) is 2. The summed E-state index contributed by atoms with van der Waals surface area (Å²) >= 11 is 0. The Hall–Kier alpha value is -2.58. The van der Waals surface area contributed by atoms with Crippen molar-refractivity contribution in [3.05, 3.63) is 24.0 Å². The highest BCUT2D eigenvalue weighted by atomic mass is 28.3. The minimum absolute atomic E-state index is 0.0989. The van der Waals surface area contributed by atoms with E-state index in [1.54, 1.807) is 0 Å². The van der Waals surface area contributed by atoms with Crippen molar-refractivity contribution in [2.45, 2.75) is 70.2 Å². The molecule has 3 rings (SSSR count). The average molecular weight is 515 g/mol. The second kappa shape index (κ2) is 9.82. The fraction of sp³-hybridized carbons (Fsp3) is 0.583. The molecular formula is C24H30F4N2O4Si. The van der Waals surface area contributed by atoms with Crippen LogP contribution in [0.2, 0.25) is 25.7 Å². The van der Waals surface area contributed by atoms with Crippen LogP contribution in [0.25, 0.3) is 0 Å². The molecule has 0 radical (unpaired) electrons. The number of benzene rings is 1. The third kappa shape index (κ3) is 5.81. The summed E-state index contributed by atoms with van der Waals surface area (Å²) in [5.41, 5.74) is -4.16. The number of anilines is 2. The molecule has 1 atom stereocenters. The van der Waals surface area contributed by atoms with E-state index in [0.29, 0.717) is 12.8 Å². The molecule has 1 aliphatic heterocycles. The first kappa shape index (κ1) is 27.0. The zero-order chi connectivity index (χ0) is 26.2. The first-order valence-corrected chi connectivity index (χ1v) is 15.2. The van der Waals surface area contributed by atoms with E-state index >= 15 is 0 Å². The number of ether oxygens (including phenoxy) is 2. The van der Waals surface area contributed by atoms with E-state index in [2.05, 4.69) is 31.5 Å². The summed E-state index contributed by atoms with van der Waals surface area (Å²) in [6.45, 7) is 8.99. The van der Waals surface area contributed by atoms with Gasteiger partial charge in [-0.2, -0.15) is 13.2 Å². The van der Waals surface area contributed by atoms with Gasteiger partial charge in [0.05, 0.1) is 17.5 Å². The monoisotopic (exact) mass is 514 g/mol. The zero-order valence-corrected chi connectivity index (χ0v) is 21.5. The normalized spacial score (nSPS) is 20.5. The summed E-state index contributed by atoms with van der Waals surface area (Å²) < 4.78 is 69.5. The highest BCUT2D eigenvalue weighted by Crippen LogP contribution is 2.48. The lowest BCUT2D eigenvalue weighted by Crippen LogP contribution is -2.71. The summed E-state index contributed by atoms with van der Waals surface area (Å²) in [5, 5.41) is 0. The molecule has 1 aromatic rings. The molecule has 1 fully saturated rings. The number of carbonyl (C=O) groups excluding carboxylic acids is 2. The number of fused-ring (bicyclic) bond motifs is 1. The molecule has 1 heterocycles. The molecule has 1 aliphatic carbocycles. The van der Waals surface area contributed by atoms with Gasteiger partial charge in [0.25, 0.3) is 11.4 Å². The molecule has 192 valence electrons. The van der Waals surface area contributed by atoms with Crippen LogP contribution in [0, 0.1) is 23.6 Å². The molecular weight excluding hydrogens is 484 g/mol. The van der Waals surface area contributed by atoms with Crippen molar-refractivity contribution in [3.8, 4) is 11.8 Å². The summed E-state index contributed by atoms with van der Waals surface area (Å²) in [6.07, 6.45) is -6.36. The van der Waals surface area contributed by atoms with Crippen molar-refractivity contribution in [2.24, 2.45) is 5.92 Å². The number of hydrogen-bond donors (Lipinski definition) is 0. The van der Waals surface area contributed by atoms with E-state index in [9.17, 15) is 27.2 Å². The predicted molar refractivity (Wildman–Crippen MR) is 126 cm³/mol. The Bertz CT molecular complexity index is 1040. The minimum Gasteiger partial charge on any atom is -0.446 e. The number of halogens is 4. The SMILES string of the molecule is CC(C)OC(=O)N1c2cc(F)ccc2N(COCC[Si](C)(C)C)C(=O)C1(C#CC1CC1)C(F)(F)F. The smallest absolute Gasteiger partial charge is 0.433 e. The molecule has 35 heavy (non-hydrogen) atoms. The van der Waals surface area contributed by atoms with Gasteiger partial charge >= 0.3 is 12.3 Å². The molecule has 2 aliphatic rings. The number of hydrogen-bond acceptors (Lipinski definition) is 4. The van der Waals surface area contributed by atoms with Gasteiger partial charge in [0.1, 0.15) is 12.5 Å². The average Bonchev–Trinajstić information content (AvgIpc) is 3.53. The standard InChI is InChI=1S/C24H30F4N2O4Si/c1-16(2)34-22(32)30-20-14-18(25)8-9-19(20)29(15-33-12-13-35(3,4)5)21(31)23(30,24(26,27)28)11-10-17-6-7-17/h8-9,14,16-17H,6-7,12-13,15H2,1-5H3. The Labute approximate surface area is 203 Å². The molecule has 1 unspecified atom stereocenters. The van der Waals surface area contributed by atoms with Gasteiger partial charge in [0.2, 0.25) is 0 Å². The van der Waals surface area contributed by atoms with Crippen LogP contribution in [0.3, 0.4) is 0 Å². The van der Waals surface area contributed by atoms with Crippen LogP contribution in [0.1, 0.15) is 26.7 Å². The Morgan fingerprint density at radius 2 is 1.89 bits per heavy atom. The van der Waals surface area contributed by atoms with Gasteiger partial charge in [0, 0.05) is 20.6 Å². The lowest BCUT2D eigenvalue weighted by atomic mass is 9.90. The van der Waals surface area contributed by atoms with Gasteiger partial charge < -0.3 is 9.47 Å². The van der Waals surface area contributed by atoms with E-state index in [0.717, 1.165) is 29.1 Å². The zero-order valence-electron chi connectivity index (χ0n) is 20.5. The lowest BCUT2D eigenvalue weighted by molar-refractivity contribution is -0.178. The molecule has 0 bridgehead atoms. The van der Waals surface area contributed by atoms with Gasteiger partial charge in [-0.05, 0) is 50.9 Å². The van der Waals surface area contributed by atoms with E-state index in [1.165, 1.54) is 13.8 Å². The fourth-order valence-corrected chi connectivity index (χ4v) is 4.26. The van der Waals surface area contributed by atoms with Gasteiger partial charge in [-0.1, -0.05) is 31.5 Å². The van der Waals surface area contributed by atoms with Gasteiger partial charge in [0.15, 0.2) is 0 Å². The first-order chi connectivity index (χ1) is 16.2. The number of amides is 2. The van der Waals surface area contributed by atoms with Crippen molar-refractivity contribution in [3.63, 3.8) is 0 Å². The maximum Gasteiger partial charge on any atom is 0.433 e. The fourth-order valence-electron chi connectivity index (χ4n) is 3.50. The third-order valence-electron chi connectivity index (χ3n) is 5.54. The van der Waals surface area contributed by atoms with Gasteiger partial charge in [-0.25, -0.2) is 14.1 Å². The van der Waals surface area contributed by atoms with Crippen LogP contribution >= 0.6 is 0 Å². The number of rotatable bonds is 6. The molecule has 0 spiro atoms. The molecule has 0 N–H and O–H groups in total. The van der Waals surface area contributed by atoms with E-state index in [4.69, 9.17) is 9.47 Å². The number of alkyl halides is 3. The third-order valence-corrected chi connectivity index (χ3v) is 7.24. The van der Waals surface area contributed by atoms with Crippen LogP contribution in [0.15, 0.2) is 18.2 Å². The van der Waals surface area contributed by atoms with Gasteiger partial charge in [-0.3, -0.25) is 9.69 Å². The molecule has 0 aromatic heterocycles. The molecule has 0 saturated heterocycles. The van der Waals surface area contributed by atoms with E-state index in [1.807, 2.05) is 0 Å². The van der Waals surface area contributed by atoms with Crippen molar-refractivity contribution in [1.29, 1.82) is 0 Å². The summed E-state index contributed by atoms with van der Waals surface area (Å²) in [5.74, 6) is 1.90. The molecule has 2 amide bonds. The molecule has 1 aromatic carbocycles. The molecule has 1 saturated carbocycles. The lowest BCUT2D eigenvalue weighted by Gasteiger charge is -2.46. The maximum atomic E-state index is 14.8. The second-order valence-electron chi connectivity index (χ2n) is 10.2. The first-order valence-electron chi connectivity index (χ1n) is 11.5.